The van der Waals surface area contributed by atoms with E-state index >= 15 is 0 Å². The second kappa shape index (κ2) is 4.87. The van der Waals surface area contributed by atoms with Crippen LogP contribution in [-0.4, -0.2) is 40.9 Å². The van der Waals surface area contributed by atoms with E-state index in [0.717, 1.165) is 6.42 Å². The molecule has 4 nitrogen and oxygen atoms in total. The standard InChI is InChI=1S/C12H21NO3/c1-5-6-9-7-13(8-10(9)14)11(15)16-12(2,3)4/h5,9-10,14H,1,6-8H2,2-4H3/t9-,10-/m0/s1. The lowest BCUT2D eigenvalue weighted by atomic mass is 10.0. The van der Waals surface area contributed by atoms with Crippen molar-refractivity contribution in [1.29, 1.82) is 0 Å². The first-order valence-electron chi connectivity index (χ1n) is 5.60. The number of aliphatic hydroxyl groups is 1. The molecule has 1 saturated heterocycles. The number of nitrogens with zero attached hydrogens (tertiary/aromatic N) is 1. The van der Waals surface area contributed by atoms with Gasteiger partial charge in [0.1, 0.15) is 5.60 Å². The fourth-order valence-corrected chi connectivity index (χ4v) is 1.78. The van der Waals surface area contributed by atoms with Crippen molar-refractivity contribution in [2.24, 2.45) is 5.92 Å². The molecule has 0 spiro atoms. The van der Waals surface area contributed by atoms with Gasteiger partial charge in [-0.05, 0) is 27.2 Å². The Balaban J connectivity index is 2.51. The molecule has 2 atom stereocenters. The molecular weight excluding hydrogens is 206 g/mol. The first kappa shape index (κ1) is 13.0. The Bertz CT molecular complexity index is 270. The summed E-state index contributed by atoms with van der Waals surface area (Å²) >= 11 is 0. The summed E-state index contributed by atoms with van der Waals surface area (Å²) in [4.78, 5) is 13.3. The Kier molecular flexibility index (Phi) is 3.97. The zero-order valence-corrected chi connectivity index (χ0v) is 10.3. The third-order valence-electron chi connectivity index (χ3n) is 2.53. The summed E-state index contributed by atoms with van der Waals surface area (Å²) in [5, 5.41) is 9.74. The number of allylic oxidation sites excluding steroid dienone is 1. The molecule has 0 aliphatic carbocycles. The van der Waals surface area contributed by atoms with E-state index in [4.69, 9.17) is 4.74 Å². The zero-order chi connectivity index (χ0) is 12.3. The van der Waals surface area contributed by atoms with Gasteiger partial charge < -0.3 is 14.7 Å². The average Bonchev–Trinajstić information content (AvgIpc) is 2.46. The molecule has 0 aromatic heterocycles. The molecule has 1 fully saturated rings. The van der Waals surface area contributed by atoms with E-state index < -0.39 is 11.7 Å². The summed E-state index contributed by atoms with van der Waals surface area (Å²) in [5.41, 5.74) is -0.488. The highest BCUT2D eigenvalue weighted by Crippen LogP contribution is 2.22. The number of carbonyl (C=O) groups is 1. The van der Waals surface area contributed by atoms with Gasteiger partial charge in [-0.3, -0.25) is 0 Å². The third-order valence-corrected chi connectivity index (χ3v) is 2.53. The van der Waals surface area contributed by atoms with Gasteiger partial charge in [-0.2, -0.15) is 0 Å². The van der Waals surface area contributed by atoms with Gasteiger partial charge in [0.2, 0.25) is 0 Å². The van der Waals surface area contributed by atoms with Crippen LogP contribution in [0.3, 0.4) is 0 Å². The van der Waals surface area contributed by atoms with Crippen molar-refractivity contribution < 1.29 is 14.6 Å². The van der Waals surface area contributed by atoms with Crippen LogP contribution in [0.2, 0.25) is 0 Å². The Morgan fingerprint density at radius 2 is 2.19 bits per heavy atom. The highest BCUT2D eigenvalue weighted by atomic mass is 16.6. The highest BCUT2D eigenvalue weighted by molar-refractivity contribution is 5.68. The summed E-state index contributed by atoms with van der Waals surface area (Å²) in [6.45, 7) is 10.0. The van der Waals surface area contributed by atoms with Gasteiger partial charge in [-0.15, -0.1) is 6.58 Å². The van der Waals surface area contributed by atoms with Gasteiger partial charge in [-0.25, -0.2) is 4.79 Å². The number of aliphatic hydroxyl groups excluding tert-OH is 1. The molecule has 0 aromatic rings. The van der Waals surface area contributed by atoms with Crippen molar-refractivity contribution >= 4 is 6.09 Å². The number of carbonyl (C=O) groups excluding carboxylic acids is 1. The van der Waals surface area contributed by atoms with Crippen molar-refractivity contribution in [3.05, 3.63) is 12.7 Å². The van der Waals surface area contributed by atoms with Crippen LogP contribution in [0.4, 0.5) is 4.79 Å². The monoisotopic (exact) mass is 227 g/mol. The summed E-state index contributed by atoms with van der Waals surface area (Å²) in [5.74, 6) is 0.0880. The molecule has 0 aromatic carbocycles. The largest absolute Gasteiger partial charge is 0.444 e. The molecule has 1 N–H and O–H groups in total. The highest BCUT2D eigenvalue weighted by Gasteiger charge is 2.35. The number of β-amino-alcohol motifs (C(OH)–C–C–N with tert-alkyl or cyclic N) is 1. The Morgan fingerprint density at radius 1 is 1.56 bits per heavy atom. The Hall–Kier alpha value is -1.03. The van der Waals surface area contributed by atoms with Crippen LogP contribution in [-0.2, 0) is 4.74 Å². The fraction of sp³-hybridized carbons (Fsp3) is 0.750. The van der Waals surface area contributed by atoms with E-state index in [1.54, 1.807) is 11.0 Å². The quantitative estimate of drug-likeness (QED) is 0.732. The minimum Gasteiger partial charge on any atom is -0.444 e. The predicted molar refractivity (Wildman–Crippen MR) is 62.1 cm³/mol. The number of hydrogen-bond donors (Lipinski definition) is 1. The molecule has 16 heavy (non-hydrogen) atoms. The summed E-state index contributed by atoms with van der Waals surface area (Å²) < 4.78 is 5.25. The Labute approximate surface area is 96.9 Å². The van der Waals surface area contributed by atoms with E-state index in [-0.39, 0.29) is 12.0 Å². The smallest absolute Gasteiger partial charge is 0.410 e. The number of hydrogen-bond acceptors (Lipinski definition) is 3. The maximum absolute atomic E-state index is 11.7. The molecule has 1 aliphatic heterocycles. The minimum atomic E-state index is -0.488. The maximum Gasteiger partial charge on any atom is 0.410 e. The average molecular weight is 227 g/mol. The van der Waals surface area contributed by atoms with Crippen LogP contribution in [0.5, 0.6) is 0 Å². The van der Waals surface area contributed by atoms with E-state index in [1.165, 1.54) is 0 Å². The van der Waals surface area contributed by atoms with Gasteiger partial charge in [-0.1, -0.05) is 6.08 Å². The van der Waals surface area contributed by atoms with E-state index in [2.05, 4.69) is 6.58 Å². The van der Waals surface area contributed by atoms with Gasteiger partial charge in [0.15, 0.2) is 0 Å². The Morgan fingerprint density at radius 3 is 2.69 bits per heavy atom. The first-order valence-corrected chi connectivity index (χ1v) is 5.60. The zero-order valence-electron chi connectivity index (χ0n) is 10.3. The molecular formula is C12H21NO3. The number of rotatable bonds is 2. The van der Waals surface area contributed by atoms with Crippen LogP contribution in [0.15, 0.2) is 12.7 Å². The van der Waals surface area contributed by atoms with Crippen molar-refractivity contribution in [3.8, 4) is 0 Å². The first-order chi connectivity index (χ1) is 7.33. The molecule has 0 radical (unpaired) electrons. The lowest BCUT2D eigenvalue weighted by Gasteiger charge is -2.24. The van der Waals surface area contributed by atoms with Crippen molar-refractivity contribution in [3.63, 3.8) is 0 Å². The van der Waals surface area contributed by atoms with Crippen molar-refractivity contribution in [1.82, 2.24) is 4.90 Å². The fourth-order valence-electron chi connectivity index (χ4n) is 1.78. The molecule has 1 rings (SSSR count). The van der Waals surface area contributed by atoms with Crippen LogP contribution in [0, 0.1) is 5.92 Å². The molecule has 1 amide bonds. The summed E-state index contributed by atoms with van der Waals surface area (Å²) in [7, 11) is 0. The normalized spacial score (nSPS) is 25.6. The number of amides is 1. The van der Waals surface area contributed by atoms with Gasteiger partial charge >= 0.3 is 6.09 Å². The van der Waals surface area contributed by atoms with Gasteiger partial charge in [0.25, 0.3) is 0 Å². The third kappa shape index (κ3) is 3.52. The van der Waals surface area contributed by atoms with Crippen molar-refractivity contribution in [2.75, 3.05) is 13.1 Å². The topological polar surface area (TPSA) is 49.8 Å². The van der Waals surface area contributed by atoms with Gasteiger partial charge in [0, 0.05) is 12.5 Å². The summed E-state index contributed by atoms with van der Waals surface area (Å²) in [6.07, 6.45) is 1.68. The lowest BCUT2D eigenvalue weighted by Crippen LogP contribution is -2.35. The number of likely N-dealkylation sites (tertiary alicyclic amines) is 1. The molecule has 1 heterocycles. The summed E-state index contributed by atoms with van der Waals surface area (Å²) in [6, 6.07) is 0. The molecule has 92 valence electrons. The minimum absolute atomic E-state index is 0.0880. The van der Waals surface area contributed by atoms with Crippen LogP contribution >= 0.6 is 0 Å². The maximum atomic E-state index is 11.7. The SMILES string of the molecule is C=CC[C@H]1CN(C(=O)OC(C)(C)C)C[C@@H]1O. The second-order valence-electron chi connectivity index (χ2n) is 5.24. The van der Waals surface area contributed by atoms with E-state index in [0.29, 0.717) is 13.1 Å². The van der Waals surface area contributed by atoms with E-state index in [9.17, 15) is 9.90 Å². The predicted octanol–water partition coefficient (Wildman–Crippen LogP) is 1.79. The van der Waals surface area contributed by atoms with Crippen LogP contribution < -0.4 is 0 Å². The molecule has 0 unspecified atom stereocenters. The molecule has 4 heteroatoms. The molecule has 1 aliphatic rings. The van der Waals surface area contributed by atoms with Gasteiger partial charge in [0.05, 0.1) is 12.6 Å². The van der Waals surface area contributed by atoms with E-state index in [1.807, 2.05) is 20.8 Å². The van der Waals surface area contributed by atoms with Crippen molar-refractivity contribution in [2.45, 2.75) is 38.9 Å². The van der Waals surface area contributed by atoms with Crippen LogP contribution in [0.1, 0.15) is 27.2 Å². The second-order valence-corrected chi connectivity index (χ2v) is 5.24. The molecule has 0 saturated carbocycles. The molecule has 0 bridgehead atoms. The number of ether oxygens (including phenoxy) is 1. The lowest BCUT2D eigenvalue weighted by molar-refractivity contribution is 0.0270. The van der Waals surface area contributed by atoms with Crippen LogP contribution in [0.25, 0.3) is 0 Å².